The third-order valence-electron chi connectivity index (χ3n) is 3.01. The van der Waals surface area contributed by atoms with Crippen LogP contribution in [0.5, 0.6) is 0 Å². The Bertz CT molecular complexity index is 610. The van der Waals surface area contributed by atoms with Crippen LogP contribution in [-0.2, 0) is 11.2 Å². The molecule has 1 heterocycles. The third kappa shape index (κ3) is 5.33. The maximum absolute atomic E-state index is 12.0. The van der Waals surface area contributed by atoms with E-state index in [1.807, 2.05) is 30.3 Å². The number of benzene rings is 1. The van der Waals surface area contributed by atoms with Gasteiger partial charge in [0.2, 0.25) is 5.82 Å². The highest BCUT2D eigenvalue weighted by Crippen LogP contribution is 2.17. The second kappa shape index (κ2) is 7.19. The summed E-state index contributed by atoms with van der Waals surface area (Å²) >= 11 is 0. The van der Waals surface area contributed by atoms with Crippen LogP contribution in [0.25, 0.3) is 0 Å². The van der Waals surface area contributed by atoms with Crippen molar-refractivity contribution < 1.29 is 14.6 Å². The summed E-state index contributed by atoms with van der Waals surface area (Å²) in [7, 11) is 0. The molecule has 2 rings (SSSR count). The first-order valence-corrected chi connectivity index (χ1v) is 7.30. The van der Waals surface area contributed by atoms with E-state index in [9.17, 15) is 9.90 Å². The molecule has 0 unspecified atom stereocenters. The van der Waals surface area contributed by atoms with E-state index in [1.54, 1.807) is 20.8 Å². The molecule has 1 aromatic carbocycles. The van der Waals surface area contributed by atoms with Gasteiger partial charge in [0.1, 0.15) is 11.7 Å². The molecule has 0 aliphatic rings. The first kappa shape index (κ1) is 16.9. The lowest BCUT2D eigenvalue weighted by Gasteiger charge is -2.25. The van der Waals surface area contributed by atoms with Crippen molar-refractivity contribution in [1.29, 1.82) is 0 Å². The zero-order valence-corrected chi connectivity index (χ0v) is 13.4. The SMILES string of the molecule is CC(C)(C)OC(=O)N[C@@H](Cc1ccccc1)[C@H](O)c1nn[nH]n1. The van der Waals surface area contributed by atoms with Gasteiger partial charge in [-0.1, -0.05) is 35.5 Å². The van der Waals surface area contributed by atoms with E-state index in [2.05, 4.69) is 25.9 Å². The molecule has 0 spiro atoms. The predicted molar refractivity (Wildman–Crippen MR) is 82.4 cm³/mol. The molecule has 23 heavy (non-hydrogen) atoms. The van der Waals surface area contributed by atoms with Gasteiger partial charge < -0.3 is 15.2 Å². The Balaban J connectivity index is 2.12. The van der Waals surface area contributed by atoms with E-state index in [0.717, 1.165) is 5.56 Å². The van der Waals surface area contributed by atoms with Gasteiger partial charge in [-0.05, 0) is 32.8 Å². The van der Waals surface area contributed by atoms with Crippen molar-refractivity contribution in [3.05, 3.63) is 41.7 Å². The second-order valence-electron chi connectivity index (χ2n) is 6.16. The summed E-state index contributed by atoms with van der Waals surface area (Å²) in [6.07, 6.45) is -1.32. The normalized spacial score (nSPS) is 14.1. The first-order chi connectivity index (χ1) is 10.8. The van der Waals surface area contributed by atoms with Crippen molar-refractivity contribution in [2.45, 2.75) is 44.9 Å². The number of H-pyrrole nitrogens is 1. The van der Waals surface area contributed by atoms with Crippen LogP contribution in [0.2, 0.25) is 0 Å². The molecule has 0 radical (unpaired) electrons. The monoisotopic (exact) mass is 319 g/mol. The fraction of sp³-hybridized carbons (Fsp3) is 0.467. The fourth-order valence-corrected chi connectivity index (χ4v) is 2.04. The number of aliphatic hydroxyl groups excluding tert-OH is 1. The number of hydrogen-bond acceptors (Lipinski definition) is 6. The van der Waals surface area contributed by atoms with Crippen LogP contribution < -0.4 is 5.32 Å². The molecule has 1 aromatic heterocycles. The maximum Gasteiger partial charge on any atom is 0.407 e. The molecule has 8 heteroatoms. The molecule has 3 N–H and O–H groups in total. The zero-order valence-electron chi connectivity index (χ0n) is 13.4. The number of aliphatic hydroxyl groups is 1. The molecule has 0 aliphatic carbocycles. The molecule has 124 valence electrons. The Morgan fingerprint density at radius 2 is 2.04 bits per heavy atom. The summed E-state index contributed by atoms with van der Waals surface area (Å²) in [4.78, 5) is 12.0. The number of nitrogens with zero attached hydrogens (tertiary/aromatic N) is 3. The Kier molecular flexibility index (Phi) is 5.28. The lowest BCUT2D eigenvalue weighted by atomic mass is 10.0. The van der Waals surface area contributed by atoms with Crippen LogP contribution in [0.15, 0.2) is 30.3 Å². The maximum atomic E-state index is 12.0. The number of alkyl carbamates (subject to hydrolysis) is 1. The minimum atomic E-state index is -1.11. The lowest BCUT2D eigenvalue weighted by Crippen LogP contribution is -2.43. The van der Waals surface area contributed by atoms with Gasteiger partial charge in [-0.3, -0.25) is 0 Å². The number of tetrazole rings is 1. The van der Waals surface area contributed by atoms with Crippen LogP contribution in [-0.4, -0.2) is 43.5 Å². The quantitative estimate of drug-likeness (QED) is 0.767. The Labute approximate surface area is 134 Å². The average molecular weight is 319 g/mol. The van der Waals surface area contributed by atoms with Gasteiger partial charge >= 0.3 is 6.09 Å². The molecular formula is C15H21N5O3. The number of amides is 1. The molecule has 2 atom stereocenters. The van der Waals surface area contributed by atoms with Crippen LogP contribution in [0.1, 0.15) is 38.3 Å². The van der Waals surface area contributed by atoms with Crippen LogP contribution >= 0.6 is 0 Å². The largest absolute Gasteiger partial charge is 0.444 e. The number of hydrogen-bond donors (Lipinski definition) is 3. The van der Waals surface area contributed by atoms with Crippen molar-refractivity contribution >= 4 is 6.09 Å². The van der Waals surface area contributed by atoms with E-state index < -0.39 is 23.8 Å². The summed E-state index contributed by atoms with van der Waals surface area (Å²) in [6, 6.07) is 8.85. The number of aromatic nitrogens is 4. The van der Waals surface area contributed by atoms with Crippen LogP contribution in [0, 0.1) is 0 Å². The summed E-state index contributed by atoms with van der Waals surface area (Å²) in [5.41, 5.74) is 0.328. The zero-order chi connectivity index (χ0) is 16.9. The number of ether oxygens (including phenoxy) is 1. The molecule has 0 saturated heterocycles. The Hall–Kier alpha value is -2.48. The second-order valence-corrected chi connectivity index (χ2v) is 6.16. The summed E-state index contributed by atoms with van der Waals surface area (Å²) < 4.78 is 5.25. The van der Waals surface area contributed by atoms with Crippen LogP contribution in [0.3, 0.4) is 0 Å². The van der Waals surface area contributed by atoms with Crippen molar-refractivity contribution in [3.63, 3.8) is 0 Å². The molecule has 8 nitrogen and oxygen atoms in total. The van der Waals surface area contributed by atoms with Gasteiger partial charge in [0, 0.05) is 0 Å². The number of carbonyl (C=O) groups is 1. The van der Waals surface area contributed by atoms with Gasteiger partial charge in [-0.2, -0.15) is 5.21 Å². The van der Waals surface area contributed by atoms with Crippen molar-refractivity contribution in [3.8, 4) is 0 Å². The van der Waals surface area contributed by atoms with E-state index in [1.165, 1.54) is 0 Å². The highest BCUT2D eigenvalue weighted by molar-refractivity contribution is 5.68. The van der Waals surface area contributed by atoms with Gasteiger partial charge in [0.15, 0.2) is 0 Å². The number of rotatable bonds is 5. The van der Waals surface area contributed by atoms with Gasteiger partial charge in [0.25, 0.3) is 0 Å². The smallest absolute Gasteiger partial charge is 0.407 e. The number of carbonyl (C=O) groups excluding carboxylic acids is 1. The number of aromatic amines is 1. The topological polar surface area (TPSA) is 113 Å². The molecule has 0 fully saturated rings. The van der Waals surface area contributed by atoms with E-state index in [-0.39, 0.29) is 5.82 Å². The van der Waals surface area contributed by atoms with E-state index in [4.69, 9.17) is 4.74 Å². The molecule has 2 aromatic rings. The van der Waals surface area contributed by atoms with Gasteiger partial charge in [-0.15, -0.1) is 10.2 Å². The van der Waals surface area contributed by atoms with Crippen LogP contribution in [0.4, 0.5) is 4.79 Å². The van der Waals surface area contributed by atoms with E-state index >= 15 is 0 Å². The van der Waals surface area contributed by atoms with Crippen molar-refractivity contribution in [1.82, 2.24) is 25.9 Å². The predicted octanol–water partition coefficient (Wildman–Crippen LogP) is 1.37. The standard InChI is InChI=1S/C15H21N5O3/c1-15(2,3)23-14(22)16-11(9-10-7-5-4-6-8-10)12(21)13-17-19-20-18-13/h4-8,11-12,21H,9H2,1-3H3,(H,16,22)(H,17,18,19,20)/t11-,12-/m0/s1. The van der Waals surface area contributed by atoms with E-state index in [0.29, 0.717) is 6.42 Å². The highest BCUT2D eigenvalue weighted by Gasteiger charge is 2.28. The molecule has 1 amide bonds. The lowest BCUT2D eigenvalue weighted by molar-refractivity contribution is 0.0412. The first-order valence-electron chi connectivity index (χ1n) is 7.30. The van der Waals surface area contributed by atoms with Crippen molar-refractivity contribution in [2.24, 2.45) is 0 Å². The summed E-state index contributed by atoms with van der Waals surface area (Å²) in [5.74, 6) is 0.113. The summed E-state index contributed by atoms with van der Waals surface area (Å²) in [5, 5.41) is 26.4. The van der Waals surface area contributed by atoms with Crippen molar-refractivity contribution in [2.75, 3.05) is 0 Å². The number of nitrogens with one attached hydrogen (secondary N) is 2. The molecule has 0 saturated carbocycles. The Morgan fingerprint density at radius 1 is 1.35 bits per heavy atom. The minimum Gasteiger partial charge on any atom is -0.444 e. The molecular weight excluding hydrogens is 298 g/mol. The average Bonchev–Trinajstić information content (AvgIpc) is 2.99. The summed E-state index contributed by atoms with van der Waals surface area (Å²) in [6.45, 7) is 5.32. The van der Waals surface area contributed by atoms with Gasteiger partial charge in [-0.25, -0.2) is 4.79 Å². The molecule has 0 bridgehead atoms. The fourth-order valence-electron chi connectivity index (χ4n) is 2.04. The third-order valence-corrected chi connectivity index (χ3v) is 3.01. The minimum absolute atomic E-state index is 0.113. The molecule has 0 aliphatic heterocycles. The Morgan fingerprint density at radius 3 is 2.61 bits per heavy atom. The van der Waals surface area contributed by atoms with Gasteiger partial charge in [0.05, 0.1) is 6.04 Å². The highest BCUT2D eigenvalue weighted by atomic mass is 16.6.